The number of methoxy groups -OCH3 is 1. The fourth-order valence-electron chi connectivity index (χ4n) is 2.21. The van der Waals surface area contributed by atoms with Crippen molar-refractivity contribution in [2.24, 2.45) is 0 Å². The molecule has 0 spiro atoms. The molecular weight excluding hydrogens is 248 g/mol. The molecule has 1 aliphatic rings. The standard InChI is InChI=1S/C12H14ClF2NO/c1-17-12-7(13)6-8(14)11(15)10(12)9-4-2-3-5-16-9/h6,9,16H,2-5H2,1H3. The zero-order valence-electron chi connectivity index (χ0n) is 9.53. The predicted octanol–water partition coefficient (Wildman–Crippen LogP) is 3.44. The zero-order chi connectivity index (χ0) is 12.4. The summed E-state index contributed by atoms with van der Waals surface area (Å²) in [5.74, 6) is -1.58. The minimum absolute atomic E-state index is 0.105. The molecule has 1 atom stereocenters. The average Bonchev–Trinajstić information content (AvgIpc) is 2.34. The average molecular weight is 262 g/mol. The van der Waals surface area contributed by atoms with Crippen molar-refractivity contribution >= 4 is 11.6 Å². The van der Waals surface area contributed by atoms with Gasteiger partial charge in [-0.1, -0.05) is 18.0 Å². The highest BCUT2D eigenvalue weighted by molar-refractivity contribution is 6.32. The molecule has 1 aromatic rings. The molecule has 94 valence electrons. The minimum atomic E-state index is -0.932. The first-order chi connectivity index (χ1) is 8.15. The van der Waals surface area contributed by atoms with E-state index in [0.717, 1.165) is 31.9 Å². The van der Waals surface area contributed by atoms with Crippen LogP contribution in [0.3, 0.4) is 0 Å². The fourth-order valence-corrected chi connectivity index (χ4v) is 2.49. The Bertz CT molecular complexity index is 419. The van der Waals surface area contributed by atoms with Gasteiger partial charge in [-0.05, 0) is 25.5 Å². The van der Waals surface area contributed by atoms with Crippen molar-refractivity contribution in [3.63, 3.8) is 0 Å². The molecule has 1 unspecified atom stereocenters. The molecule has 0 aliphatic carbocycles. The van der Waals surface area contributed by atoms with Crippen molar-refractivity contribution in [2.75, 3.05) is 13.7 Å². The van der Waals surface area contributed by atoms with Gasteiger partial charge in [0.05, 0.1) is 17.7 Å². The Labute approximate surface area is 104 Å². The highest BCUT2D eigenvalue weighted by atomic mass is 35.5. The van der Waals surface area contributed by atoms with Crippen LogP contribution in [0.25, 0.3) is 0 Å². The number of piperidine rings is 1. The lowest BCUT2D eigenvalue weighted by atomic mass is 9.96. The second-order valence-electron chi connectivity index (χ2n) is 4.10. The van der Waals surface area contributed by atoms with Crippen LogP contribution in [0.5, 0.6) is 5.75 Å². The number of hydrogen-bond acceptors (Lipinski definition) is 2. The maximum atomic E-state index is 13.9. The SMILES string of the molecule is COc1c(Cl)cc(F)c(F)c1C1CCCCN1. The normalized spacial score (nSPS) is 20.4. The number of benzene rings is 1. The third kappa shape index (κ3) is 2.38. The molecule has 2 nitrogen and oxygen atoms in total. The van der Waals surface area contributed by atoms with Gasteiger partial charge in [-0.15, -0.1) is 0 Å². The zero-order valence-corrected chi connectivity index (χ0v) is 10.3. The molecule has 17 heavy (non-hydrogen) atoms. The van der Waals surface area contributed by atoms with E-state index in [1.807, 2.05) is 0 Å². The number of ether oxygens (including phenoxy) is 1. The summed E-state index contributed by atoms with van der Waals surface area (Å²) < 4.78 is 32.3. The Morgan fingerprint density at radius 2 is 2.18 bits per heavy atom. The molecule has 1 N–H and O–H groups in total. The van der Waals surface area contributed by atoms with E-state index in [2.05, 4.69) is 5.32 Å². The summed E-state index contributed by atoms with van der Waals surface area (Å²) in [5, 5.41) is 3.27. The van der Waals surface area contributed by atoms with Crippen LogP contribution in [0.4, 0.5) is 8.78 Å². The topological polar surface area (TPSA) is 21.3 Å². The summed E-state index contributed by atoms with van der Waals surface area (Å²) in [6.07, 6.45) is 2.78. The molecule has 0 amide bonds. The quantitative estimate of drug-likeness (QED) is 0.824. The van der Waals surface area contributed by atoms with Crippen LogP contribution >= 0.6 is 11.6 Å². The summed E-state index contributed by atoms with van der Waals surface area (Å²) in [6, 6.07) is 0.717. The third-order valence-corrected chi connectivity index (χ3v) is 3.30. The largest absolute Gasteiger partial charge is 0.495 e. The molecular formula is C12H14ClF2NO. The van der Waals surface area contributed by atoms with Gasteiger partial charge in [-0.3, -0.25) is 0 Å². The fraction of sp³-hybridized carbons (Fsp3) is 0.500. The van der Waals surface area contributed by atoms with Crippen LogP contribution < -0.4 is 10.1 Å². The monoisotopic (exact) mass is 261 g/mol. The van der Waals surface area contributed by atoms with Crippen LogP contribution in [-0.2, 0) is 0 Å². The van der Waals surface area contributed by atoms with Gasteiger partial charge in [0.1, 0.15) is 5.75 Å². The van der Waals surface area contributed by atoms with Crippen LogP contribution in [0.15, 0.2) is 6.07 Å². The lowest BCUT2D eigenvalue weighted by Crippen LogP contribution is -2.28. The van der Waals surface area contributed by atoms with Gasteiger partial charge in [-0.25, -0.2) is 8.78 Å². The van der Waals surface area contributed by atoms with Gasteiger partial charge in [-0.2, -0.15) is 0 Å². The second-order valence-corrected chi connectivity index (χ2v) is 4.51. The molecule has 5 heteroatoms. The van der Waals surface area contributed by atoms with Crippen LogP contribution in [0, 0.1) is 11.6 Å². The van der Waals surface area contributed by atoms with Crippen LogP contribution in [0.2, 0.25) is 5.02 Å². The van der Waals surface area contributed by atoms with Crippen LogP contribution in [0.1, 0.15) is 30.9 Å². The van der Waals surface area contributed by atoms with Crippen molar-refractivity contribution in [3.8, 4) is 5.75 Å². The van der Waals surface area contributed by atoms with E-state index < -0.39 is 11.6 Å². The first-order valence-electron chi connectivity index (χ1n) is 5.60. The van der Waals surface area contributed by atoms with Crippen molar-refractivity contribution in [2.45, 2.75) is 25.3 Å². The Kier molecular flexibility index (Phi) is 3.84. The van der Waals surface area contributed by atoms with E-state index >= 15 is 0 Å². The molecule has 1 fully saturated rings. The molecule has 0 aromatic heterocycles. The number of rotatable bonds is 2. The second kappa shape index (κ2) is 5.19. The smallest absolute Gasteiger partial charge is 0.167 e. The van der Waals surface area contributed by atoms with E-state index in [4.69, 9.17) is 16.3 Å². The van der Waals surface area contributed by atoms with Gasteiger partial charge in [0, 0.05) is 6.04 Å². The van der Waals surface area contributed by atoms with Gasteiger partial charge >= 0.3 is 0 Å². The molecule has 1 saturated heterocycles. The summed E-state index contributed by atoms with van der Waals surface area (Å²) in [4.78, 5) is 0. The molecule has 0 saturated carbocycles. The number of nitrogens with one attached hydrogen (secondary N) is 1. The van der Waals surface area contributed by atoms with E-state index in [1.165, 1.54) is 7.11 Å². The van der Waals surface area contributed by atoms with Gasteiger partial charge in [0.2, 0.25) is 0 Å². The van der Waals surface area contributed by atoms with Gasteiger partial charge < -0.3 is 10.1 Å². The molecule has 0 radical (unpaired) electrons. The van der Waals surface area contributed by atoms with E-state index in [1.54, 1.807) is 0 Å². The summed E-state index contributed by atoms with van der Waals surface area (Å²) in [7, 11) is 1.41. The lowest BCUT2D eigenvalue weighted by molar-refractivity contribution is 0.355. The lowest BCUT2D eigenvalue weighted by Gasteiger charge is -2.26. The van der Waals surface area contributed by atoms with Crippen LogP contribution in [-0.4, -0.2) is 13.7 Å². The maximum absolute atomic E-state index is 13.9. The molecule has 0 bridgehead atoms. The maximum Gasteiger partial charge on any atom is 0.167 e. The highest BCUT2D eigenvalue weighted by Gasteiger charge is 2.26. The molecule has 1 aliphatic heterocycles. The Morgan fingerprint density at radius 3 is 2.76 bits per heavy atom. The highest BCUT2D eigenvalue weighted by Crippen LogP contribution is 2.38. The predicted molar refractivity (Wildman–Crippen MR) is 62.5 cm³/mol. The first-order valence-corrected chi connectivity index (χ1v) is 5.97. The van der Waals surface area contributed by atoms with Crippen molar-refractivity contribution in [1.82, 2.24) is 5.32 Å². The van der Waals surface area contributed by atoms with Crippen molar-refractivity contribution in [1.29, 1.82) is 0 Å². The number of halogens is 3. The molecule has 2 rings (SSSR count). The number of hydrogen-bond donors (Lipinski definition) is 1. The first kappa shape index (κ1) is 12.6. The van der Waals surface area contributed by atoms with E-state index in [9.17, 15) is 8.78 Å². The van der Waals surface area contributed by atoms with Gasteiger partial charge in [0.25, 0.3) is 0 Å². The summed E-state index contributed by atoms with van der Waals surface area (Å²) in [5.41, 5.74) is 0.206. The van der Waals surface area contributed by atoms with E-state index in [0.29, 0.717) is 0 Å². The third-order valence-electron chi connectivity index (χ3n) is 3.02. The van der Waals surface area contributed by atoms with Crippen molar-refractivity contribution in [3.05, 3.63) is 28.3 Å². The molecule has 1 heterocycles. The minimum Gasteiger partial charge on any atom is -0.495 e. The van der Waals surface area contributed by atoms with Gasteiger partial charge in [0.15, 0.2) is 11.6 Å². The Morgan fingerprint density at radius 1 is 1.41 bits per heavy atom. The summed E-state index contributed by atoms with van der Waals surface area (Å²) >= 11 is 5.87. The Hall–Kier alpha value is -0.870. The van der Waals surface area contributed by atoms with Crippen molar-refractivity contribution < 1.29 is 13.5 Å². The summed E-state index contributed by atoms with van der Waals surface area (Å²) in [6.45, 7) is 0.793. The molecule has 1 aromatic carbocycles. The van der Waals surface area contributed by atoms with E-state index in [-0.39, 0.29) is 22.4 Å². The Balaban J connectivity index is 2.48.